The molecular formula is C14H13N5O2S2. The minimum Gasteiger partial charge on any atom is -0.478 e. The third-order valence-electron chi connectivity index (χ3n) is 2.97. The van der Waals surface area contributed by atoms with Gasteiger partial charge in [0.05, 0.1) is 17.0 Å². The van der Waals surface area contributed by atoms with E-state index in [9.17, 15) is 9.90 Å². The Morgan fingerprint density at radius 3 is 2.78 bits per heavy atom. The predicted octanol–water partition coefficient (Wildman–Crippen LogP) is 2.73. The van der Waals surface area contributed by atoms with Crippen LogP contribution in [0.2, 0.25) is 0 Å². The summed E-state index contributed by atoms with van der Waals surface area (Å²) in [5, 5.41) is 22.6. The van der Waals surface area contributed by atoms with E-state index in [1.807, 2.05) is 6.92 Å². The number of aromatic carboxylic acids is 1. The quantitative estimate of drug-likeness (QED) is 0.709. The van der Waals surface area contributed by atoms with Crippen molar-refractivity contribution in [1.82, 2.24) is 25.0 Å². The Morgan fingerprint density at radius 2 is 2.09 bits per heavy atom. The van der Waals surface area contributed by atoms with Gasteiger partial charge in [0.1, 0.15) is 16.7 Å². The summed E-state index contributed by atoms with van der Waals surface area (Å²) in [6.07, 6.45) is 0. The number of rotatable bonds is 5. The van der Waals surface area contributed by atoms with E-state index in [1.165, 1.54) is 23.1 Å². The van der Waals surface area contributed by atoms with Gasteiger partial charge in [-0.3, -0.25) is 0 Å². The Bertz CT molecular complexity index is 858. The van der Waals surface area contributed by atoms with Crippen molar-refractivity contribution in [3.8, 4) is 5.69 Å². The zero-order valence-corrected chi connectivity index (χ0v) is 14.1. The van der Waals surface area contributed by atoms with Crippen LogP contribution < -0.4 is 0 Å². The Kier molecular flexibility index (Phi) is 4.39. The number of nitrogens with zero attached hydrogens (tertiary/aromatic N) is 5. The zero-order chi connectivity index (χ0) is 16.4. The molecule has 23 heavy (non-hydrogen) atoms. The van der Waals surface area contributed by atoms with Crippen LogP contribution in [0.4, 0.5) is 0 Å². The lowest BCUT2D eigenvalue weighted by Crippen LogP contribution is -2.09. The standard InChI is InChI=1S/C14H13N5O2S2/c1-8-15-12(7-22-14-17-16-9(2)23-14)19(18-8)11-6-4-3-5-10(11)13(20)21/h3-6H,7H2,1-2H3,(H,20,21). The summed E-state index contributed by atoms with van der Waals surface area (Å²) in [5.74, 6) is 0.805. The maximum atomic E-state index is 11.4. The Balaban J connectivity index is 1.93. The highest BCUT2D eigenvalue weighted by Gasteiger charge is 2.17. The fraction of sp³-hybridized carbons (Fsp3) is 0.214. The molecule has 1 aromatic carbocycles. The maximum Gasteiger partial charge on any atom is 0.337 e. The number of hydrogen-bond acceptors (Lipinski definition) is 7. The van der Waals surface area contributed by atoms with Gasteiger partial charge in [-0.25, -0.2) is 14.5 Å². The first-order valence-corrected chi connectivity index (χ1v) is 8.53. The van der Waals surface area contributed by atoms with Crippen LogP contribution in [0.5, 0.6) is 0 Å². The van der Waals surface area contributed by atoms with E-state index in [-0.39, 0.29) is 5.56 Å². The molecule has 3 aromatic rings. The van der Waals surface area contributed by atoms with Crippen LogP contribution in [0.3, 0.4) is 0 Å². The van der Waals surface area contributed by atoms with Crippen LogP contribution in [-0.2, 0) is 5.75 Å². The number of benzene rings is 1. The molecule has 0 unspecified atom stereocenters. The van der Waals surface area contributed by atoms with E-state index < -0.39 is 5.97 Å². The number of carbonyl (C=O) groups is 1. The van der Waals surface area contributed by atoms with Crippen molar-refractivity contribution in [3.05, 3.63) is 46.5 Å². The molecule has 7 nitrogen and oxygen atoms in total. The van der Waals surface area contributed by atoms with E-state index in [1.54, 1.807) is 35.9 Å². The molecule has 0 amide bonds. The summed E-state index contributed by atoms with van der Waals surface area (Å²) < 4.78 is 2.43. The second-order valence-corrected chi connectivity index (χ2v) is 7.09. The van der Waals surface area contributed by atoms with Crippen molar-refractivity contribution in [1.29, 1.82) is 0 Å². The third kappa shape index (κ3) is 3.40. The van der Waals surface area contributed by atoms with Crippen molar-refractivity contribution >= 4 is 29.1 Å². The fourth-order valence-electron chi connectivity index (χ4n) is 2.05. The number of aromatic nitrogens is 5. The molecule has 0 aliphatic rings. The van der Waals surface area contributed by atoms with Gasteiger partial charge >= 0.3 is 5.97 Å². The normalized spacial score (nSPS) is 10.9. The molecule has 1 N–H and O–H groups in total. The highest BCUT2D eigenvalue weighted by molar-refractivity contribution is 8.00. The smallest absolute Gasteiger partial charge is 0.337 e. The summed E-state index contributed by atoms with van der Waals surface area (Å²) in [6, 6.07) is 6.75. The number of thioether (sulfide) groups is 1. The summed E-state index contributed by atoms with van der Waals surface area (Å²) in [7, 11) is 0. The van der Waals surface area contributed by atoms with Gasteiger partial charge in [-0.05, 0) is 26.0 Å². The largest absolute Gasteiger partial charge is 0.478 e. The van der Waals surface area contributed by atoms with E-state index in [4.69, 9.17) is 0 Å². The average Bonchev–Trinajstić information content (AvgIpc) is 3.10. The van der Waals surface area contributed by atoms with Gasteiger partial charge in [-0.2, -0.15) is 5.10 Å². The van der Waals surface area contributed by atoms with Crippen molar-refractivity contribution in [3.63, 3.8) is 0 Å². The van der Waals surface area contributed by atoms with Crippen LogP contribution in [-0.4, -0.2) is 36.0 Å². The van der Waals surface area contributed by atoms with Crippen molar-refractivity contribution in [2.45, 2.75) is 23.9 Å². The molecule has 9 heteroatoms. The van der Waals surface area contributed by atoms with Crippen LogP contribution in [0.15, 0.2) is 28.6 Å². The molecule has 0 atom stereocenters. The third-order valence-corrected chi connectivity index (χ3v) is 4.94. The zero-order valence-electron chi connectivity index (χ0n) is 12.4. The van der Waals surface area contributed by atoms with Crippen LogP contribution in [0, 0.1) is 13.8 Å². The molecule has 0 radical (unpaired) electrons. The molecule has 0 bridgehead atoms. The molecule has 0 aliphatic heterocycles. The number of para-hydroxylation sites is 1. The lowest BCUT2D eigenvalue weighted by Gasteiger charge is -2.08. The van der Waals surface area contributed by atoms with Gasteiger partial charge in [0.2, 0.25) is 0 Å². The van der Waals surface area contributed by atoms with Gasteiger partial charge in [-0.1, -0.05) is 35.2 Å². The molecule has 0 fully saturated rings. The van der Waals surface area contributed by atoms with Gasteiger partial charge in [0.25, 0.3) is 0 Å². The van der Waals surface area contributed by atoms with E-state index in [0.717, 1.165) is 9.35 Å². The van der Waals surface area contributed by atoms with Crippen molar-refractivity contribution in [2.75, 3.05) is 0 Å². The number of carboxylic acid groups (broad SMARTS) is 1. The monoisotopic (exact) mass is 347 g/mol. The Labute approximate surface area is 140 Å². The van der Waals surface area contributed by atoms with Gasteiger partial charge in [-0.15, -0.1) is 10.2 Å². The molecule has 2 aromatic heterocycles. The highest BCUT2D eigenvalue weighted by Crippen LogP contribution is 2.26. The van der Waals surface area contributed by atoms with E-state index in [2.05, 4.69) is 20.3 Å². The van der Waals surface area contributed by atoms with Gasteiger partial charge < -0.3 is 5.11 Å². The first-order valence-electron chi connectivity index (χ1n) is 6.72. The SMILES string of the molecule is Cc1nc(CSc2nnc(C)s2)n(-c2ccccc2C(=O)O)n1. The van der Waals surface area contributed by atoms with Crippen molar-refractivity contribution in [2.24, 2.45) is 0 Å². The first-order chi connectivity index (χ1) is 11.0. The van der Waals surface area contributed by atoms with Crippen LogP contribution >= 0.6 is 23.1 Å². The Hall–Kier alpha value is -2.26. The first kappa shape index (κ1) is 15.6. The van der Waals surface area contributed by atoms with Gasteiger partial charge in [0.15, 0.2) is 4.34 Å². The molecule has 2 heterocycles. The predicted molar refractivity (Wildman–Crippen MR) is 87.3 cm³/mol. The topological polar surface area (TPSA) is 93.8 Å². The molecule has 0 saturated carbocycles. The number of carboxylic acids is 1. The molecular weight excluding hydrogens is 334 g/mol. The minimum absolute atomic E-state index is 0.190. The molecule has 118 valence electrons. The van der Waals surface area contributed by atoms with Crippen LogP contribution in [0.25, 0.3) is 5.69 Å². The van der Waals surface area contributed by atoms with Crippen molar-refractivity contribution < 1.29 is 9.90 Å². The molecule has 0 spiro atoms. The summed E-state index contributed by atoms with van der Waals surface area (Å²) >= 11 is 3.02. The Morgan fingerprint density at radius 1 is 1.30 bits per heavy atom. The average molecular weight is 347 g/mol. The second-order valence-electron chi connectivity index (χ2n) is 4.69. The highest BCUT2D eigenvalue weighted by atomic mass is 32.2. The second kappa shape index (κ2) is 6.47. The number of hydrogen-bond donors (Lipinski definition) is 1. The minimum atomic E-state index is -0.993. The molecule has 0 saturated heterocycles. The summed E-state index contributed by atoms with van der Waals surface area (Å²) in [4.78, 5) is 15.8. The fourth-order valence-corrected chi connectivity index (χ4v) is 3.78. The molecule has 0 aliphatic carbocycles. The lowest BCUT2D eigenvalue weighted by atomic mass is 10.2. The summed E-state index contributed by atoms with van der Waals surface area (Å²) in [6.45, 7) is 3.68. The lowest BCUT2D eigenvalue weighted by molar-refractivity contribution is 0.0696. The van der Waals surface area contributed by atoms with E-state index >= 15 is 0 Å². The summed E-state index contributed by atoms with van der Waals surface area (Å²) in [5.41, 5.74) is 0.694. The van der Waals surface area contributed by atoms with E-state index in [0.29, 0.717) is 23.1 Å². The molecule has 3 rings (SSSR count). The van der Waals surface area contributed by atoms with Gasteiger partial charge in [0, 0.05) is 0 Å². The van der Waals surface area contributed by atoms with Crippen LogP contribution in [0.1, 0.15) is 27.0 Å². The maximum absolute atomic E-state index is 11.4. The number of aryl methyl sites for hydroxylation is 2.